The lowest BCUT2D eigenvalue weighted by molar-refractivity contribution is 0.415. The maximum Gasteiger partial charge on any atom is 0.247 e. The number of ether oxygens (including phenoxy) is 1. The van der Waals surface area contributed by atoms with E-state index in [1.54, 1.807) is 14.0 Å². The quantitative estimate of drug-likeness (QED) is 0.771. The third kappa shape index (κ3) is 2.17. The van der Waals surface area contributed by atoms with Gasteiger partial charge < -0.3 is 9.15 Å². The van der Waals surface area contributed by atoms with Gasteiger partial charge in [-0.3, -0.25) is 0 Å². The Kier molecular flexibility index (Phi) is 3.10. The van der Waals surface area contributed by atoms with Gasteiger partial charge in [0.25, 0.3) is 0 Å². The fourth-order valence-electron chi connectivity index (χ4n) is 1.25. The molecule has 0 aliphatic rings. The number of hydrogen-bond donors (Lipinski definition) is 0. The molecule has 0 spiro atoms. The molecule has 0 aliphatic carbocycles. The zero-order chi connectivity index (χ0) is 11.5. The van der Waals surface area contributed by atoms with Crippen LogP contribution >= 0.6 is 11.6 Å². The third-order valence-corrected chi connectivity index (χ3v) is 2.30. The summed E-state index contributed by atoms with van der Waals surface area (Å²) in [5.41, 5.74) is 0.844. The van der Waals surface area contributed by atoms with E-state index in [9.17, 15) is 0 Å². The summed E-state index contributed by atoms with van der Waals surface area (Å²) in [5.74, 6) is 1.67. The van der Waals surface area contributed by atoms with Crippen LogP contribution in [-0.4, -0.2) is 17.3 Å². The van der Waals surface area contributed by atoms with E-state index in [0.29, 0.717) is 11.8 Å². The van der Waals surface area contributed by atoms with Gasteiger partial charge in [-0.2, -0.15) is 0 Å². The Morgan fingerprint density at radius 3 is 2.44 bits per heavy atom. The molecule has 1 atom stereocenters. The van der Waals surface area contributed by atoms with Gasteiger partial charge >= 0.3 is 0 Å². The Bertz CT molecular complexity index is 465. The predicted molar refractivity (Wildman–Crippen MR) is 60.6 cm³/mol. The van der Waals surface area contributed by atoms with Crippen LogP contribution in [0.2, 0.25) is 0 Å². The highest BCUT2D eigenvalue weighted by Crippen LogP contribution is 2.24. The lowest BCUT2D eigenvalue weighted by Gasteiger charge is -1.99. The fourth-order valence-corrected chi connectivity index (χ4v) is 1.33. The number of benzene rings is 1. The van der Waals surface area contributed by atoms with Gasteiger partial charge in [-0.05, 0) is 31.2 Å². The molecule has 0 radical (unpaired) electrons. The second-order valence-electron chi connectivity index (χ2n) is 3.29. The van der Waals surface area contributed by atoms with Crippen LogP contribution in [0, 0.1) is 0 Å². The zero-order valence-corrected chi connectivity index (χ0v) is 9.73. The van der Waals surface area contributed by atoms with Crippen LogP contribution in [0.25, 0.3) is 11.5 Å². The average Bonchev–Trinajstić information content (AvgIpc) is 2.78. The van der Waals surface area contributed by atoms with Gasteiger partial charge in [0.1, 0.15) is 11.1 Å². The topological polar surface area (TPSA) is 48.2 Å². The van der Waals surface area contributed by atoms with Crippen molar-refractivity contribution >= 4 is 11.6 Å². The molecule has 0 saturated carbocycles. The number of halogens is 1. The molecule has 0 amide bonds. The van der Waals surface area contributed by atoms with Crippen LogP contribution in [0.1, 0.15) is 18.2 Å². The van der Waals surface area contributed by atoms with E-state index in [0.717, 1.165) is 11.3 Å². The number of rotatable bonds is 3. The average molecular weight is 239 g/mol. The largest absolute Gasteiger partial charge is 0.497 e. The van der Waals surface area contributed by atoms with Crippen molar-refractivity contribution < 1.29 is 9.15 Å². The molecular weight excluding hydrogens is 228 g/mol. The molecule has 2 rings (SSSR count). The summed E-state index contributed by atoms with van der Waals surface area (Å²) in [6.07, 6.45) is 0. The minimum atomic E-state index is -0.278. The number of hydrogen-bond acceptors (Lipinski definition) is 4. The molecule has 0 aliphatic heterocycles. The van der Waals surface area contributed by atoms with Crippen LogP contribution in [-0.2, 0) is 0 Å². The summed E-state index contributed by atoms with van der Waals surface area (Å²) < 4.78 is 10.5. The molecule has 1 aromatic carbocycles. The van der Waals surface area contributed by atoms with Crippen LogP contribution in [0.5, 0.6) is 5.75 Å². The van der Waals surface area contributed by atoms with Crippen LogP contribution in [0.3, 0.4) is 0 Å². The molecule has 0 fully saturated rings. The van der Waals surface area contributed by atoms with E-state index in [1.807, 2.05) is 24.3 Å². The summed E-state index contributed by atoms with van der Waals surface area (Å²) in [7, 11) is 1.62. The van der Waals surface area contributed by atoms with Crippen molar-refractivity contribution in [2.75, 3.05) is 7.11 Å². The lowest BCUT2D eigenvalue weighted by atomic mass is 10.2. The van der Waals surface area contributed by atoms with Gasteiger partial charge in [-0.25, -0.2) is 0 Å². The van der Waals surface area contributed by atoms with Gasteiger partial charge in [0, 0.05) is 5.56 Å². The smallest absolute Gasteiger partial charge is 0.247 e. The van der Waals surface area contributed by atoms with Gasteiger partial charge in [0.15, 0.2) is 0 Å². The summed E-state index contributed by atoms with van der Waals surface area (Å²) in [6, 6.07) is 7.39. The van der Waals surface area contributed by atoms with Crippen LogP contribution in [0.15, 0.2) is 28.7 Å². The van der Waals surface area contributed by atoms with Gasteiger partial charge in [0.05, 0.1) is 7.11 Å². The van der Waals surface area contributed by atoms with E-state index in [2.05, 4.69) is 10.2 Å². The highest BCUT2D eigenvalue weighted by molar-refractivity contribution is 6.20. The molecule has 0 unspecified atom stereocenters. The number of alkyl halides is 1. The molecule has 5 heteroatoms. The Morgan fingerprint density at radius 1 is 1.25 bits per heavy atom. The molecule has 4 nitrogen and oxygen atoms in total. The fraction of sp³-hybridized carbons (Fsp3) is 0.273. The summed E-state index contributed by atoms with van der Waals surface area (Å²) in [5, 5.41) is 7.50. The summed E-state index contributed by atoms with van der Waals surface area (Å²) in [4.78, 5) is 0. The Labute approximate surface area is 98.2 Å². The second-order valence-corrected chi connectivity index (χ2v) is 3.94. The maximum absolute atomic E-state index is 5.84. The molecule has 16 heavy (non-hydrogen) atoms. The molecular formula is C11H11ClN2O2. The van der Waals surface area contributed by atoms with Gasteiger partial charge in [0.2, 0.25) is 11.8 Å². The SMILES string of the molecule is COc1ccc(-c2nnc([C@@H](C)Cl)o2)cc1. The highest BCUT2D eigenvalue weighted by atomic mass is 35.5. The molecule has 2 aromatic rings. The molecule has 0 bridgehead atoms. The number of nitrogens with zero attached hydrogens (tertiary/aromatic N) is 2. The van der Waals surface area contributed by atoms with Crippen molar-refractivity contribution in [2.45, 2.75) is 12.3 Å². The highest BCUT2D eigenvalue weighted by Gasteiger charge is 2.12. The van der Waals surface area contributed by atoms with Crippen molar-refractivity contribution in [1.29, 1.82) is 0 Å². The normalized spacial score (nSPS) is 12.4. The molecule has 1 aromatic heterocycles. The van der Waals surface area contributed by atoms with Crippen molar-refractivity contribution in [2.24, 2.45) is 0 Å². The lowest BCUT2D eigenvalue weighted by Crippen LogP contribution is -1.82. The van der Waals surface area contributed by atoms with Crippen LogP contribution in [0.4, 0.5) is 0 Å². The first-order valence-corrected chi connectivity index (χ1v) is 5.26. The van der Waals surface area contributed by atoms with Gasteiger partial charge in [-0.15, -0.1) is 21.8 Å². The second kappa shape index (κ2) is 4.53. The van der Waals surface area contributed by atoms with E-state index in [-0.39, 0.29) is 5.38 Å². The van der Waals surface area contributed by atoms with Crippen LogP contribution < -0.4 is 4.74 Å². The minimum Gasteiger partial charge on any atom is -0.497 e. The first-order chi connectivity index (χ1) is 7.70. The Balaban J connectivity index is 2.28. The molecule has 1 heterocycles. The standard InChI is InChI=1S/C11H11ClN2O2/c1-7(12)10-13-14-11(16-10)8-3-5-9(15-2)6-4-8/h3-7H,1-2H3/t7-/m1/s1. The zero-order valence-electron chi connectivity index (χ0n) is 8.98. The van der Waals surface area contributed by atoms with Gasteiger partial charge in [-0.1, -0.05) is 0 Å². The number of methoxy groups -OCH3 is 1. The summed E-state index contributed by atoms with van der Waals surface area (Å²) >= 11 is 5.84. The first kappa shape index (κ1) is 11.0. The Morgan fingerprint density at radius 2 is 1.94 bits per heavy atom. The number of aromatic nitrogens is 2. The molecule has 0 N–H and O–H groups in total. The predicted octanol–water partition coefficient (Wildman–Crippen LogP) is 3.05. The van der Waals surface area contributed by atoms with E-state index >= 15 is 0 Å². The maximum atomic E-state index is 5.84. The van der Waals surface area contributed by atoms with E-state index in [1.165, 1.54) is 0 Å². The summed E-state index contributed by atoms with van der Waals surface area (Å²) in [6.45, 7) is 1.78. The van der Waals surface area contributed by atoms with E-state index < -0.39 is 0 Å². The van der Waals surface area contributed by atoms with Crippen molar-refractivity contribution in [3.8, 4) is 17.2 Å². The van der Waals surface area contributed by atoms with Crippen molar-refractivity contribution in [3.05, 3.63) is 30.2 Å². The Hall–Kier alpha value is -1.55. The first-order valence-electron chi connectivity index (χ1n) is 4.82. The van der Waals surface area contributed by atoms with Crippen molar-refractivity contribution in [1.82, 2.24) is 10.2 Å². The monoisotopic (exact) mass is 238 g/mol. The molecule has 0 saturated heterocycles. The minimum absolute atomic E-state index is 0.278. The van der Waals surface area contributed by atoms with E-state index in [4.69, 9.17) is 20.8 Å². The molecule has 84 valence electrons. The third-order valence-electron chi connectivity index (χ3n) is 2.12. The van der Waals surface area contributed by atoms with Crippen molar-refractivity contribution in [3.63, 3.8) is 0 Å².